The molecule has 1 aliphatic rings. The normalized spacial score (nSPS) is 13.6. The summed E-state index contributed by atoms with van der Waals surface area (Å²) in [5.41, 5.74) is 2.72. The molecule has 0 aromatic heterocycles. The van der Waals surface area contributed by atoms with Crippen LogP contribution in [0.2, 0.25) is 5.02 Å². The number of piperazine rings is 1. The highest BCUT2D eigenvalue weighted by atomic mass is 35.5. The molecule has 1 N–H and O–H groups in total. The first-order valence-corrected chi connectivity index (χ1v) is 11.8. The number of halogens is 1. The number of carbonyl (C=O) groups excluding carboxylic acids is 2. The van der Waals surface area contributed by atoms with Crippen molar-refractivity contribution >= 4 is 34.8 Å². The predicted molar refractivity (Wildman–Crippen MR) is 136 cm³/mol. The Bertz CT molecular complexity index is 1160. The molecule has 2 amide bonds. The molecule has 0 radical (unpaired) electrons. The summed E-state index contributed by atoms with van der Waals surface area (Å²) in [4.78, 5) is 29.4. The highest BCUT2D eigenvalue weighted by Gasteiger charge is 2.23. The summed E-state index contributed by atoms with van der Waals surface area (Å²) in [7, 11) is 0. The van der Waals surface area contributed by atoms with Crippen molar-refractivity contribution in [1.82, 2.24) is 4.90 Å². The maximum absolute atomic E-state index is 12.7. The molecular formula is C27H28ClN3O3. The molecule has 6 nitrogen and oxygen atoms in total. The lowest BCUT2D eigenvalue weighted by molar-refractivity contribution is 0.0746. The van der Waals surface area contributed by atoms with Gasteiger partial charge in [0, 0.05) is 43.0 Å². The van der Waals surface area contributed by atoms with Crippen LogP contribution in [0.5, 0.6) is 5.75 Å². The second-order valence-corrected chi connectivity index (χ2v) is 8.87. The number of benzene rings is 3. The third-order valence-electron chi connectivity index (χ3n) is 5.60. The van der Waals surface area contributed by atoms with E-state index in [0.717, 1.165) is 5.69 Å². The van der Waals surface area contributed by atoms with Gasteiger partial charge in [0.25, 0.3) is 11.8 Å². The van der Waals surface area contributed by atoms with Gasteiger partial charge in [0.2, 0.25) is 0 Å². The van der Waals surface area contributed by atoms with Crippen LogP contribution in [-0.4, -0.2) is 49.0 Å². The monoisotopic (exact) mass is 477 g/mol. The summed E-state index contributed by atoms with van der Waals surface area (Å²) < 4.78 is 5.67. The SMILES string of the molecule is CC(C)Oc1cccc(C(=O)Nc2ccc(N3CCN(C(=O)c4ccccc4)CC3)c(Cl)c2)c1. The molecule has 1 aliphatic heterocycles. The van der Waals surface area contributed by atoms with E-state index in [9.17, 15) is 9.59 Å². The maximum Gasteiger partial charge on any atom is 0.255 e. The minimum Gasteiger partial charge on any atom is -0.491 e. The molecule has 0 aliphatic carbocycles. The molecule has 34 heavy (non-hydrogen) atoms. The standard InChI is InChI=1S/C27H28ClN3O3/c1-19(2)34-23-10-6-9-21(17-23)26(32)29-22-11-12-25(24(28)18-22)30-13-15-31(16-14-30)27(33)20-7-4-3-5-8-20/h3-12,17-19H,13-16H2,1-2H3,(H,29,32). The predicted octanol–water partition coefficient (Wildman–Crippen LogP) is 5.34. The van der Waals surface area contributed by atoms with Gasteiger partial charge in [-0.1, -0.05) is 35.9 Å². The summed E-state index contributed by atoms with van der Waals surface area (Å²) in [5, 5.41) is 3.45. The lowest BCUT2D eigenvalue weighted by Crippen LogP contribution is -2.48. The highest BCUT2D eigenvalue weighted by Crippen LogP contribution is 2.30. The summed E-state index contributed by atoms with van der Waals surface area (Å²) >= 11 is 6.58. The number of nitrogens with zero attached hydrogens (tertiary/aromatic N) is 2. The maximum atomic E-state index is 12.7. The Hall–Kier alpha value is -3.51. The van der Waals surface area contributed by atoms with E-state index in [4.69, 9.17) is 16.3 Å². The smallest absolute Gasteiger partial charge is 0.255 e. The van der Waals surface area contributed by atoms with Crippen LogP contribution in [0.1, 0.15) is 34.6 Å². The van der Waals surface area contributed by atoms with Gasteiger partial charge in [-0.3, -0.25) is 9.59 Å². The average molecular weight is 478 g/mol. The zero-order chi connectivity index (χ0) is 24.1. The summed E-state index contributed by atoms with van der Waals surface area (Å²) in [6.45, 7) is 6.50. The third-order valence-corrected chi connectivity index (χ3v) is 5.90. The van der Waals surface area contributed by atoms with E-state index in [-0.39, 0.29) is 17.9 Å². The average Bonchev–Trinajstić information content (AvgIpc) is 2.84. The van der Waals surface area contributed by atoms with Crippen LogP contribution >= 0.6 is 11.6 Å². The van der Waals surface area contributed by atoms with E-state index >= 15 is 0 Å². The number of anilines is 2. The molecule has 176 valence electrons. The third kappa shape index (κ3) is 5.69. The first-order valence-electron chi connectivity index (χ1n) is 11.4. The van der Waals surface area contributed by atoms with Gasteiger partial charge in [0.05, 0.1) is 16.8 Å². The molecule has 1 fully saturated rings. The molecule has 3 aromatic rings. The lowest BCUT2D eigenvalue weighted by atomic mass is 10.1. The topological polar surface area (TPSA) is 61.9 Å². The molecule has 7 heteroatoms. The van der Waals surface area contributed by atoms with E-state index in [1.807, 2.05) is 67.3 Å². The van der Waals surface area contributed by atoms with Crippen LogP contribution in [0.25, 0.3) is 0 Å². The van der Waals surface area contributed by atoms with E-state index < -0.39 is 0 Å². The highest BCUT2D eigenvalue weighted by molar-refractivity contribution is 6.33. The number of hydrogen-bond acceptors (Lipinski definition) is 4. The molecule has 0 unspecified atom stereocenters. The first-order chi connectivity index (χ1) is 16.4. The van der Waals surface area contributed by atoms with Crippen LogP contribution < -0.4 is 15.0 Å². The van der Waals surface area contributed by atoms with Crippen molar-refractivity contribution < 1.29 is 14.3 Å². The van der Waals surface area contributed by atoms with E-state index in [1.54, 1.807) is 24.3 Å². The van der Waals surface area contributed by atoms with Gasteiger partial charge in [0.15, 0.2) is 0 Å². The Labute approximate surface area is 205 Å². The zero-order valence-corrected chi connectivity index (χ0v) is 20.1. The number of carbonyl (C=O) groups is 2. The fourth-order valence-electron chi connectivity index (χ4n) is 3.94. The molecule has 0 bridgehead atoms. The van der Waals surface area contributed by atoms with Gasteiger partial charge < -0.3 is 19.9 Å². The second-order valence-electron chi connectivity index (χ2n) is 8.46. The Morgan fingerprint density at radius 2 is 1.59 bits per heavy atom. The Morgan fingerprint density at radius 1 is 0.882 bits per heavy atom. The summed E-state index contributed by atoms with van der Waals surface area (Å²) in [6.07, 6.45) is 0.0305. The van der Waals surface area contributed by atoms with Crippen LogP contribution in [0, 0.1) is 0 Å². The van der Waals surface area contributed by atoms with Gasteiger partial charge >= 0.3 is 0 Å². The lowest BCUT2D eigenvalue weighted by Gasteiger charge is -2.36. The van der Waals surface area contributed by atoms with Crippen LogP contribution in [0.15, 0.2) is 72.8 Å². The molecule has 0 spiro atoms. The van der Waals surface area contributed by atoms with Crippen molar-refractivity contribution in [2.24, 2.45) is 0 Å². The molecule has 1 saturated heterocycles. The fourth-order valence-corrected chi connectivity index (χ4v) is 4.24. The molecular weight excluding hydrogens is 450 g/mol. The number of hydrogen-bond donors (Lipinski definition) is 1. The second kappa shape index (κ2) is 10.6. The van der Waals surface area contributed by atoms with Gasteiger partial charge in [-0.25, -0.2) is 0 Å². The number of rotatable bonds is 6. The number of ether oxygens (including phenoxy) is 1. The minimum atomic E-state index is -0.230. The van der Waals surface area contributed by atoms with Crippen molar-refractivity contribution in [3.05, 3.63) is 88.9 Å². The molecule has 0 saturated carbocycles. The number of nitrogens with one attached hydrogen (secondary N) is 1. The Kier molecular flexibility index (Phi) is 7.38. The first kappa shape index (κ1) is 23.6. The minimum absolute atomic E-state index is 0.0305. The fraction of sp³-hybridized carbons (Fsp3) is 0.259. The molecule has 3 aromatic carbocycles. The van der Waals surface area contributed by atoms with Crippen molar-refractivity contribution in [3.8, 4) is 5.75 Å². The molecule has 0 atom stereocenters. The van der Waals surface area contributed by atoms with Gasteiger partial charge in [-0.05, 0) is 62.4 Å². The summed E-state index contributed by atoms with van der Waals surface area (Å²) in [5.74, 6) is 0.472. The Balaban J connectivity index is 1.37. The molecule has 1 heterocycles. The van der Waals surface area contributed by atoms with Crippen molar-refractivity contribution in [2.75, 3.05) is 36.4 Å². The van der Waals surface area contributed by atoms with Gasteiger partial charge in [-0.2, -0.15) is 0 Å². The van der Waals surface area contributed by atoms with E-state index in [1.165, 1.54) is 0 Å². The van der Waals surface area contributed by atoms with Crippen molar-refractivity contribution in [1.29, 1.82) is 0 Å². The Morgan fingerprint density at radius 3 is 2.26 bits per heavy atom. The van der Waals surface area contributed by atoms with Gasteiger partial charge in [-0.15, -0.1) is 0 Å². The zero-order valence-electron chi connectivity index (χ0n) is 19.3. The number of amides is 2. The van der Waals surface area contributed by atoms with E-state index in [2.05, 4.69) is 10.2 Å². The van der Waals surface area contributed by atoms with Crippen LogP contribution in [0.3, 0.4) is 0 Å². The summed E-state index contributed by atoms with van der Waals surface area (Å²) in [6, 6.07) is 21.9. The largest absolute Gasteiger partial charge is 0.491 e. The van der Waals surface area contributed by atoms with Crippen molar-refractivity contribution in [3.63, 3.8) is 0 Å². The van der Waals surface area contributed by atoms with Crippen molar-refractivity contribution in [2.45, 2.75) is 20.0 Å². The quantitative estimate of drug-likeness (QED) is 0.520. The van der Waals surface area contributed by atoms with Crippen LogP contribution in [-0.2, 0) is 0 Å². The van der Waals surface area contributed by atoms with E-state index in [0.29, 0.717) is 53.8 Å². The van der Waals surface area contributed by atoms with Crippen LogP contribution in [0.4, 0.5) is 11.4 Å². The van der Waals surface area contributed by atoms with Gasteiger partial charge in [0.1, 0.15) is 5.75 Å². The molecule has 4 rings (SSSR count).